The highest BCUT2D eigenvalue weighted by Crippen LogP contribution is 2.37. The van der Waals surface area contributed by atoms with Gasteiger partial charge in [-0.2, -0.15) is 0 Å². The van der Waals surface area contributed by atoms with Gasteiger partial charge in [0.25, 0.3) is 0 Å². The van der Waals surface area contributed by atoms with Crippen molar-refractivity contribution >= 4 is 29.3 Å². The molecule has 1 heterocycles. The van der Waals surface area contributed by atoms with Gasteiger partial charge in [-0.3, -0.25) is 4.79 Å². The molecule has 0 spiro atoms. The molecule has 0 aromatic heterocycles. The van der Waals surface area contributed by atoms with Crippen molar-refractivity contribution in [3.8, 4) is 0 Å². The highest BCUT2D eigenvalue weighted by molar-refractivity contribution is 7.99. The number of fused-ring (bicyclic) bond motifs is 1. The van der Waals surface area contributed by atoms with Gasteiger partial charge in [-0.25, -0.2) is 0 Å². The lowest BCUT2D eigenvalue weighted by molar-refractivity contribution is -0.121. The maximum Gasteiger partial charge on any atom is 0.220 e. The van der Waals surface area contributed by atoms with Gasteiger partial charge in [0.1, 0.15) is 0 Å². The van der Waals surface area contributed by atoms with Crippen LogP contribution >= 0.6 is 23.4 Å². The van der Waals surface area contributed by atoms with Crippen LogP contribution in [0.15, 0.2) is 23.1 Å². The van der Waals surface area contributed by atoms with Crippen molar-refractivity contribution in [3.63, 3.8) is 0 Å². The highest BCUT2D eigenvalue weighted by Gasteiger charge is 2.23. The first-order chi connectivity index (χ1) is 10.2. The number of hydrogen-bond donors (Lipinski definition) is 2. The minimum atomic E-state index is 0.196. The largest absolute Gasteiger partial charge is 0.353 e. The second-order valence-electron chi connectivity index (χ2n) is 5.77. The molecule has 1 aromatic carbocycles. The summed E-state index contributed by atoms with van der Waals surface area (Å²) in [5.41, 5.74) is 1.31. The lowest BCUT2D eigenvalue weighted by Gasteiger charge is -2.26. The van der Waals surface area contributed by atoms with E-state index in [0.717, 1.165) is 43.0 Å². The normalized spacial score (nSPS) is 20.9. The Labute approximate surface area is 135 Å². The lowest BCUT2D eigenvalue weighted by Crippen LogP contribution is -2.28. The van der Waals surface area contributed by atoms with Gasteiger partial charge in [0.15, 0.2) is 0 Å². The Morgan fingerprint density at radius 3 is 3.00 bits per heavy atom. The molecule has 1 saturated carbocycles. The van der Waals surface area contributed by atoms with E-state index < -0.39 is 0 Å². The number of hydrogen-bond acceptors (Lipinski definition) is 3. The van der Waals surface area contributed by atoms with Crippen LogP contribution in [0.3, 0.4) is 0 Å². The molecule has 0 radical (unpaired) electrons. The van der Waals surface area contributed by atoms with E-state index in [4.69, 9.17) is 11.6 Å². The summed E-state index contributed by atoms with van der Waals surface area (Å²) in [5, 5.41) is 7.40. The average Bonchev–Trinajstić information content (AvgIpc) is 3.27. The minimum absolute atomic E-state index is 0.196. The van der Waals surface area contributed by atoms with E-state index in [-0.39, 0.29) is 5.91 Å². The molecular formula is C16H21ClN2OS. The van der Waals surface area contributed by atoms with E-state index in [0.29, 0.717) is 18.5 Å². The first-order valence-corrected chi connectivity index (χ1v) is 9.04. The molecule has 21 heavy (non-hydrogen) atoms. The van der Waals surface area contributed by atoms with Crippen molar-refractivity contribution in [2.45, 2.75) is 49.1 Å². The van der Waals surface area contributed by atoms with Gasteiger partial charge >= 0.3 is 0 Å². The third-order valence-electron chi connectivity index (χ3n) is 3.93. The Hall–Kier alpha value is -0.710. The van der Waals surface area contributed by atoms with Crippen molar-refractivity contribution in [2.75, 3.05) is 12.3 Å². The number of halogens is 1. The van der Waals surface area contributed by atoms with Gasteiger partial charge in [0, 0.05) is 28.4 Å². The molecule has 1 atom stereocenters. The van der Waals surface area contributed by atoms with Gasteiger partial charge in [-0.15, -0.1) is 11.8 Å². The van der Waals surface area contributed by atoms with Gasteiger partial charge in [-0.05, 0) is 61.7 Å². The number of thioether (sulfide) groups is 1. The maximum atomic E-state index is 11.6. The van der Waals surface area contributed by atoms with Crippen LogP contribution in [-0.4, -0.2) is 24.2 Å². The van der Waals surface area contributed by atoms with E-state index in [1.165, 1.54) is 10.5 Å². The summed E-state index contributed by atoms with van der Waals surface area (Å²) in [5.74, 6) is 1.33. The molecule has 2 N–H and O–H groups in total. The molecule has 0 saturated heterocycles. The van der Waals surface area contributed by atoms with Crippen LogP contribution in [0.1, 0.15) is 43.7 Å². The molecule has 1 amide bonds. The second-order valence-corrected chi connectivity index (χ2v) is 7.34. The number of carbonyl (C=O) groups excluding carboxylic acids is 1. The van der Waals surface area contributed by atoms with Crippen molar-refractivity contribution in [1.82, 2.24) is 10.6 Å². The zero-order valence-corrected chi connectivity index (χ0v) is 13.6. The number of benzene rings is 1. The molecule has 1 unspecified atom stereocenters. The second kappa shape index (κ2) is 7.03. The smallest absolute Gasteiger partial charge is 0.220 e. The Morgan fingerprint density at radius 1 is 1.33 bits per heavy atom. The predicted octanol–water partition coefficient (Wildman–Crippen LogP) is 3.53. The lowest BCUT2D eigenvalue weighted by atomic mass is 10.0. The third kappa shape index (κ3) is 4.38. The summed E-state index contributed by atoms with van der Waals surface area (Å²) in [6.45, 7) is 0.874. The van der Waals surface area contributed by atoms with Crippen LogP contribution in [-0.2, 0) is 4.79 Å². The number of amides is 1. The summed E-state index contributed by atoms with van der Waals surface area (Å²) in [6.07, 6.45) is 4.93. The zero-order chi connectivity index (χ0) is 14.7. The van der Waals surface area contributed by atoms with E-state index >= 15 is 0 Å². The monoisotopic (exact) mass is 324 g/mol. The molecule has 114 valence electrons. The van der Waals surface area contributed by atoms with Crippen molar-refractivity contribution < 1.29 is 4.79 Å². The van der Waals surface area contributed by atoms with Crippen LogP contribution in [0.4, 0.5) is 0 Å². The van der Waals surface area contributed by atoms with Crippen LogP contribution in [0, 0.1) is 0 Å². The standard InChI is InChI=1S/C16H21ClN2OS/c17-11-3-6-15-13(10-11)14(7-9-21-15)18-8-1-2-16(20)19-12-4-5-12/h3,6,10,12,14,18H,1-2,4-5,7-9H2,(H,19,20). The maximum absolute atomic E-state index is 11.6. The van der Waals surface area contributed by atoms with E-state index in [2.05, 4.69) is 22.8 Å². The minimum Gasteiger partial charge on any atom is -0.353 e. The Kier molecular flexibility index (Phi) is 5.09. The Bertz CT molecular complexity index is 519. The number of rotatable bonds is 6. The van der Waals surface area contributed by atoms with Crippen LogP contribution < -0.4 is 10.6 Å². The van der Waals surface area contributed by atoms with Crippen molar-refractivity contribution in [3.05, 3.63) is 28.8 Å². The fourth-order valence-electron chi connectivity index (χ4n) is 2.63. The molecule has 1 aromatic rings. The van der Waals surface area contributed by atoms with E-state index in [1.807, 2.05) is 17.8 Å². The van der Waals surface area contributed by atoms with Gasteiger partial charge in [0.05, 0.1) is 0 Å². The quantitative estimate of drug-likeness (QED) is 0.787. The Balaban J connectivity index is 1.45. The van der Waals surface area contributed by atoms with Crippen molar-refractivity contribution in [2.24, 2.45) is 0 Å². The summed E-state index contributed by atoms with van der Waals surface area (Å²) in [6, 6.07) is 6.97. The molecule has 1 aliphatic carbocycles. The zero-order valence-electron chi connectivity index (χ0n) is 12.0. The highest BCUT2D eigenvalue weighted by atomic mass is 35.5. The number of carbonyl (C=O) groups is 1. The molecule has 5 heteroatoms. The fourth-order valence-corrected chi connectivity index (χ4v) is 3.92. The van der Waals surface area contributed by atoms with Gasteiger partial charge in [0.2, 0.25) is 5.91 Å². The molecule has 1 aliphatic heterocycles. The molecule has 1 fully saturated rings. The first kappa shape index (κ1) is 15.2. The first-order valence-electron chi connectivity index (χ1n) is 7.67. The summed E-state index contributed by atoms with van der Waals surface area (Å²) in [4.78, 5) is 13.0. The van der Waals surface area contributed by atoms with Crippen molar-refractivity contribution in [1.29, 1.82) is 0 Å². The third-order valence-corrected chi connectivity index (χ3v) is 5.28. The molecule has 0 bridgehead atoms. The van der Waals surface area contributed by atoms with Crippen LogP contribution in [0.5, 0.6) is 0 Å². The van der Waals surface area contributed by atoms with Gasteiger partial charge < -0.3 is 10.6 Å². The average molecular weight is 325 g/mol. The van der Waals surface area contributed by atoms with E-state index in [1.54, 1.807) is 0 Å². The predicted molar refractivity (Wildman–Crippen MR) is 87.9 cm³/mol. The molecule has 2 aliphatic rings. The van der Waals surface area contributed by atoms with Crippen LogP contribution in [0.25, 0.3) is 0 Å². The SMILES string of the molecule is O=C(CCCNC1CCSc2ccc(Cl)cc21)NC1CC1. The van der Waals surface area contributed by atoms with Gasteiger partial charge in [-0.1, -0.05) is 11.6 Å². The molecular weight excluding hydrogens is 304 g/mol. The molecule has 3 rings (SSSR count). The van der Waals surface area contributed by atoms with E-state index in [9.17, 15) is 4.79 Å². The topological polar surface area (TPSA) is 41.1 Å². The van der Waals surface area contributed by atoms with Crippen LogP contribution in [0.2, 0.25) is 5.02 Å². The Morgan fingerprint density at radius 2 is 2.19 bits per heavy atom. The summed E-state index contributed by atoms with van der Waals surface area (Å²) >= 11 is 8.01. The number of nitrogens with one attached hydrogen (secondary N) is 2. The summed E-state index contributed by atoms with van der Waals surface area (Å²) < 4.78 is 0. The fraction of sp³-hybridized carbons (Fsp3) is 0.562. The summed E-state index contributed by atoms with van der Waals surface area (Å²) in [7, 11) is 0. The molecule has 3 nitrogen and oxygen atoms in total.